The van der Waals surface area contributed by atoms with Crippen LogP contribution in [0.15, 0.2) is 36.4 Å². The number of hydrogen-bond acceptors (Lipinski definition) is 5. The summed E-state index contributed by atoms with van der Waals surface area (Å²) in [4.78, 5) is 23.6. The van der Waals surface area contributed by atoms with Crippen LogP contribution in [0.4, 0.5) is 4.79 Å². The molecule has 0 heterocycles. The topological polar surface area (TPSA) is 61.8 Å². The van der Waals surface area contributed by atoms with Crippen molar-refractivity contribution in [2.24, 2.45) is 5.41 Å². The van der Waals surface area contributed by atoms with E-state index in [4.69, 9.17) is 14.2 Å². The second kappa shape index (κ2) is 8.89. The third kappa shape index (κ3) is 5.98. The molecule has 2 rings (SSSR count). The summed E-state index contributed by atoms with van der Waals surface area (Å²) in [7, 11) is 0. The second-order valence-corrected chi connectivity index (χ2v) is 7.53. The molecule has 0 spiro atoms. The normalized spacial score (nSPS) is 11.5. The van der Waals surface area contributed by atoms with Gasteiger partial charge in [-0.25, -0.2) is 4.79 Å². The van der Waals surface area contributed by atoms with Crippen LogP contribution in [0, 0.1) is 5.41 Å². The minimum Gasteiger partial charge on any atom is -0.460 e. The molecule has 0 bridgehead atoms. The average Bonchev–Trinajstić information content (AvgIpc) is 2.63. The van der Waals surface area contributed by atoms with E-state index < -0.39 is 11.6 Å². The first-order chi connectivity index (χ1) is 12.7. The van der Waals surface area contributed by atoms with Crippen molar-refractivity contribution >= 4 is 22.9 Å². The van der Waals surface area contributed by atoms with E-state index in [1.807, 2.05) is 57.2 Å². The summed E-state index contributed by atoms with van der Waals surface area (Å²) >= 11 is 0. The van der Waals surface area contributed by atoms with Gasteiger partial charge in [0.15, 0.2) is 0 Å². The summed E-state index contributed by atoms with van der Waals surface area (Å²) in [5.41, 5.74) is 1.35. The molecule has 0 aliphatic carbocycles. The van der Waals surface area contributed by atoms with E-state index in [0.717, 1.165) is 28.3 Å². The molecule has 0 atom stereocenters. The highest BCUT2D eigenvalue weighted by molar-refractivity contribution is 5.84. The molecule has 0 saturated carbocycles. The number of carbonyl (C=O) groups excluding carboxylic acids is 2. The number of hydrogen-bond donors (Lipinski definition) is 0. The molecule has 0 fully saturated rings. The lowest BCUT2D eigenvalue weighted by atomic mass is 9.91. The molecular weight excluding hydrogens is 344 g/mol. The van der Waals surface area contributed by atoms with E-state index in [-0.39, 0.29) is 25.3 Å². The van der Waals surface area contributed by atoms with Gasteiger partial charge in [0.25, 0.3) is 0 Å². The number of esters is 1. The predicted octanol–water partition coefficient (Wildman–Crippen LogP) is 5.38. The van der Waals surface area contributed by atoms with Gasteiger partial charge in [-0.15, -0.1) is 0 Å². The van der Waals surface area contributed by atoms with Crippen LogP contribution >= 0.6 is 0 Å². The van der Waals surface area contributed by atoms with Crippen LogP contribution in [0.1, 0.15) is 52.2 Å². The zero-order valence-corrected chi connectivity index (χ0v) is 16.7. The molecular formula is C22H28O5. The lowest BCUT2D eigenvalue weighted by Gasteiger charge is -2.20. The Bertz CT molecular complexity index is 807. The van der Waals surface area contributed by atoms with E-state index >= 15 is 0 Å². The van der Waals surface area contributed by atoms with E-state index in [1.54, 1.807) is 13.8 Å². The summed E-state index contributed by atoms with van der Waals surface area (Å²) in [6.07, 6.45) is -0.138. The monoisotopic (exact) mass is 372 g/mol. The maximum Gasteiger partial charge on any atom is 0.508 e. The number of benzene rings is 2. The first-order valence-corrected chi connectivity index (χ1v) is 9.23. The lowest BCUT2D eigenvalue weighted by molar-refractivity contribution is -0.155. The maximum atomic E-state index is 12.1. The van der Waals surface area contributed by atoms with Crippen molar-refractivity contribution in [3.05, 3.63) is 47.5 Å². The summed E-state index contributed by atoms with van der Waals surface area (Å²) in [5, 5.41) is 2.06. The van der Waals surface area contributed by atoms with Crippen LogP contribution in [0.5, 0.6) is 0 Å². The molecule has 0 saturated heterocycles. The van der Waals surface area contributed by atoms with Crippen molar-refractivity contribution in [1.29, 1.82) is 0 Å². The van der Waals surface area contributed by atoms with Crippen molar-refractivity contribution in [2.45, 2.75) is 60.4 Å². The average molecular weight is 372 g/mol. The SMILES string of the molecule is CCC(C)(C)C(=O)OCc1ccc2cc(COC(=O)OC(C)C)ccc2c1. The van der Waals surface area contributed by atoms with Gasteiger partial charge in [-0.1, -0.05) is 31.2 Å². The third-order valence-electron chi connectivity index (χ3n) is 4.46. The minimum absolute atomic E-state index is 0.160. The summed E-state index contributed by atoms with van der Waals surface area (Å²) in [6.45, 7) is 9.70. The zero-order valence-electron chi connectivity index (χ0n) is 16.7. The molecule has 0 amide bonds. The second-order valence-electron chi connectivity index (χ2n) is 7.53. The van der Waals surface area contributed by atoms with Crippen LogP contribution in [0.25, 0.3) is 10.8 Å². The van der Waals surface area contributed by atoms with Gasteiger partial charge < -0.3 is 14.2 Å². The summed E-state index contributed by atoms with van der Waals surface area (Å²) < 4.78 is 15.5. The summed E-state index contributed by atoms with van der Waals surface area (Å²) in [5.74, 6) is -0.189. The summed E-state index contributed by atoms with van der Waals surface area (Å²) in [6, 6.07) is 11.7. The quantitative estimate of drug-likeness (QED) is 0.611. The minimum atomic E-state index is -0.669. The highest BCUT2D eigenvalue weighted by Crippen LogP contribution is 2.23. The van der Waals surface area contributed by atoms with Gasteiger partial charge in [0.05, 0.1) is 11.5 Å². The van der Waals surface area contributed by atoms with E-state index in [1.165, 1.54) is 0 Å². The molecule has 5 nitrogen and oxygen atoms in total. The molecule has 0 aliphatic heterocycles. The fraction of sp³-hybridized carbons (Fsp3) is 0.455. The Morgan fingerprint density at radius 3 is 1.93 bits per heavy atom. The van der Waals surface area contributed by atoms with Gasteiger partial charge in [0.2, 0.25) is 0 Å². The smallest absolute Gasteiger partial charge is 0.460 e. The molecule has 5 heteroatoms. The lowest BCUT2D eigenvalue weighted by Crippen LogP contribution is -2.25. The molecule has 146 valence electrons. The number of carbonyl (C=O) groups is 2. The van der Waals surface area contributed by atoms with E-state index in [0.29, 0.717) is 0 Å². The molecule has 0 unspecified atom stereocenters. The highest BCUT2D eigenvalue weighted by Gasteiger charge is 2.26. The number of rotatable bonds is 7. The Labute approximate surface area is 160 Å². The number of fused-ring (bicyclic) bond motifs is 1. The largest absolute Gasteiger partial charge is 0.508 e. The van der Waals surface area contributed by atoms with Crippen LogP contribution in [0.3, 0.4) is 0 Å². The molecule has 0 radical (unpaired) electrons. The molecule has 2 aromatic rings. The fourth-order valence-electron chi connectivity index (χ4n) is 2.38. The first kappa shape index (κ1) is 20.7. The van der Waals surface area contributed by atoms with Crippen molar-refractivity contribution in [2.75, 3.05) is 0 Å². The van der Waals surface area contributed by atoms with Gasteiger partial charge in [0.1, 0.15) is 13.2 Å². The molecule has 2 aromatic carbocycles. The Hall–Kier alpha value is -2.56. The van der Waals surface area contributed by atoms with Gasteiger partial charge in [-0.05, 0) is 68.1 Å². The van der Waals surface area contributed by atoms with Crippen LogP contribution in [0.2, 0.25) is 0 Å². The maximum absolute atomic E-state index is 12.1. The Morgan fingerprint density at radius 1 is 0.926 bits per heavy atom. The highest BCUT2D eigenvalue weighted by atomic mass is 16.7. The first-order valence-electron chi connectivity index (χ1n) is 9.23. The van der Waals surface area contributed by atoms with E-state index in [2.05, 4.69) is 0 Å². The van der Waals surface area contributed by atoms with Crippen LogP contribution < -0.4 is 0 Å². The van der Waals surface area contributed by atoms with Crippen molar-refractivity contribution < 1.29 is 23.8 Å². The van der Waals surface area contributed by atoms with Gasteiger partial charge in [0, 0.05) is 0 Å². The number of ether oxygens (including phenoxy) is 3. The van der Waals surface area contributed by atoms with Crippen molar-refractivity contribution in [3.63, 3.8) is 0 Å². The van der Waals surface area contributed by atoms with Crippen LogP contribution in [-0.2, 0) is 32.2 Å². The fourth-order valence-corrected chi connectivity index (χ4v) is 2.38. The molecule has 0 N–H and O–H groups in total. The van der Waals surface area contributed by atoms with Gasteiger partial charge in [-0.3, -0.25) is 4.79 Å². The molecule has 0 aromatic heterocycles. The van der Waals surface area contributed by atoms with E-state index in [9.17, 15) is 9.59 Å². The predicted molar refractivity (Wildman–Crippen MR) is 104 cm³/mol. The standard InChI is InChI=1S/C22H28O5/c1-6-22(4,5)20(23)25-13-16-7-9-19-12-17(8-10-18(19)11-16)14-26-21(24)27-15(2)3/h7-12,15H,6,13-14H2,1-5H3. The van der Waals surface area contributed by atoms with Gasteiger partial charge in [-0.2, -0.15) is 0 Å². The third-order valence-corrected chi connectivity index (χ3v) is 4.46. The molecule has 27 heavy (non-hydrogen) atoms. The Morgan fingerprint density at radius 2 is 1.44 bits per heavy atom. The Kier molecular flexibility index (Phi) is 6.83. The Balaban J connectivity index is 2.00. The van der Waals surface area contributed by atoms with Crippen molar-refractivity contribution in [1.82, 2.24) is 0 Å². The van der Waals surface area contributed by atoms with Crippen molar-refractivity contribution in [3.8, 4) is 0 Å². The van der Waals surface area contributed by atoms with Gasteiger partial charge >= 0.3 is 12.1 Å². The van der Waals surface area contributed by atoms with Crippen LogP contribution in [-0.4, -0.2) is 18.2 Å². The zero-order chi connectivity index (χ0) is 20.0. The molecule has 0 aliphatic rings.